The highest BCUT2D eigenvalue weighted by Crippen LogP contribution is 2.48. The first kappa shape index (κ1) is 7.03. The summed E-state index contributed by atoms with van der Waals surface area (Å²) in [7, 11) is 1.75. The summed E-state index contributed by atoms with van der Waals surface area (Å²) >= 11 is 0. The number of rotatable bonds is 3. The van der Waals surface area contributed by atoms with E-state index in [9.17, 15) is 0 Å². The predicted octanol–water partition coefficient (Wildman–Crippen LogP) is 0.760. The van der Waals surface area contributed by atoms with Gasteiger partial charge in [-0.25, -0.2) is 0 Å². The number of hydrogen-bond acceptors (Lipinski definition) is 2. The lowest BCUT2D eigenvalue weighted by atomic mass is 10.0. The van der Waals surface area contributed by atoms with E-state index in [0.29, 0.717) is 11.5 Å². The van der Waals surface area contributed by atoms with Gasteiger partial charge in [-0.2, -0.15) is 0 Å². The van der Waals surface area contributed by atoms with Crippen LogP contribution >= 0.6 is 0 Å². The van der Waals surface area contributed by atoms with Gasteiger partial charge >= 0.3 is 0 Å². The van der Waals surface area contributed by atoms with Gasteiger partial charge in [0.25, 0.3) is 0 Å². The van der Waals surface area contributed by atoms with Crippen LogP contribution in [0.3, 0.4) is 0 Å². The van der Waals surface area contributed by atoms with Crippen molar-refractivity contribution in [2.75, 3.05) is 13.7 Å². The average molecular weight is 129 g/mol. The molecule has 2 heteroatoms. The molecule has 54 valence electrons. The molecule has 2 nitrogen and oxygen atoms in total. The topological polar surface area (TPSA) is 35.2 Å². The molecule has 1 atom stereocenters. The third-order valence-corrected chi connectivity index (χ3v) is 2.51. The normalized spacial score (nSPS) is 25.7. The summed E-state index contributed by atoms with van der Waals surface area (Å²) in [6.45, 7) is 2.88. The number of hydrogen-bond donors (Lipinski definition) is 1. The molecule has 1 fully saturated rings. The average Bonchev–Trinajstić information content (AvgIpc) is 2.66. The maximum atomic E-state index is 5.57. The van der Waals surface area contributed by atoms with Gasteiger partial charge in [0.2, 0.25) is 0 Å². The first-order valence-corrected chi connectivity index (χ1v) is 3.48. The van der Waals surface area contributed by atoms with Gasteiger partial charge < -0.3 is 10.5 Å². The van der Waals surface area contributed by atoms with Crippen LogP contribution in [0, 0.1) is 5.41 Å². The second-order valence-electron chi connectivity index (χ2n) is 2.94. The molecule has 0 amide bonds. The van der Waals surface area contributed by atoms with Crippen LogP contribution in [0.2, 0.25) is 0 Å². The molecule has 1 unspecified atom stereocenters. The second kappa shape index (κ2) is 2.27. The van der Waals surface area contributed by atoms with Crippen molar-refractivity contribution >= 4 is 0 Å². The Morgan fingerprint density at radius 3 is 2.33 bits per heavy atom. The number of methoxy groups -OCH3 is 1. The van der Waals surface area contributed by atoms with E-state index in [4.69, 9.17) is 10.5 Å². The van der Waals surface area contributed by atoms with E-state index < -0.39 is 0 Å². The molecule has 1 rings (SSSR count). The molecular formula is C7H15NO. The van der Waals surface area contributed by atoms with E-state index in [1.54, 1.807) is 7.11 Å². The SMILES string of the molecule is COC(C)C1(CN)CC1. The Kier molecular flexibility index (Phi) is 1.78. The fourth-order valence-electron chi connectivity index (χ4n) is 1.19. The molecule has 0 radical (unpaired) electrons. The zero-order valence-corrected chi connectivity index (χ0v) is 6.18. The Balaban J connectivity index is 2.39. The Morgan fingerprint density at radius 1 is 1.67 bits per heavy atom. The lowest BCUT2D eigenvalue weighted by Crippen LogP contribution is -2.28. The highest BCUT2D eigenvalue weighted by atomic mass is 16.5. The molecule has 0 aromatic heterocycles. The van der Waals surface area contributed by atoms with E-state index >= 15 is 0 Å². The van der Waals surface area contributed by atoms with Crippen LogP contribution in [0.4, 0.5) is 0 Å². The molecule has 1 saturated carbocycles. The third kappa shape index (κ3) is 1.10. The first-order chi connectivity index (χ1) is 4.25. The highest BCUT2D eigenvalue weighted by molar-refractivity contribution is 4.98. The lowest BCUT2D eigenvalue weighted by molar-refractivity contribution is 0.0584. The second-order valence-corrected chi connectivity index (χ2v) is 2.94. The van der Waals surface area contributed by atoms with E-state index in [0.717, 1.165) is 6.54 Å². The van der Waals surface area contributed by atoms with Gasteiger partial charge in [-0.3, -0.25) is 0 Å². The predicted molar refractivity (Wildman–Crippen MR) is 37.2 cm³/mol. The largest absolute Gasteiger partial charge is 0.381 e. The van der Waals surface area contributed by atoms with Crippen molar-refractivity contribution in [3.8, 4) is 0 Å². The standard InChI is InChI=1S/C7H15NO/c1-6(9-2)7(5-8)3-4-7/h6H,3-5,8H2,1-2H3. The van der Waals surface area contributed by atoms with Crippen LogP contribution in [0.25, 0.3) is 0 Å². The summed E-state index contributed by atoms with van der Waals surface area (Å²) in [6, 6.07) is 0. The molecule has 0 aromatic carbocycles. The van der Waals surface area contributed by atoms with Crippen LogP contribution in [0.15, 0.2) is 0 Å². The molecule has 2 N–H and O–H groups in total. The van der Waals surface area contributed by atoms with Gasteiger partial charge in [0, 0.05) is 19.1 Å². The van der Waals surface area contributed by atoms with Gasteiger partial charge in [-0.05, 0) is 19.8 Å². The van der Waals surface area contributed by atoms with Crippen molar-refractivity contribution in [1.82, 2.24) is 0 Å². The van der Waals surface area contributed by atoms with Crippen LogP contribution in [-0.2, 0) is 4.74 Å². The fraction of sp³-hybridized carbons (Fsp3) is 1.00. The molecule has 0 aromatic rings. The van der Waals surface area contributed by atoms with E-state index in [1.165, 1.54) is 12.8 Å². The summed E-state index contributed by atoms with van der Waals surface area (Å²) in [4.78, 5) is 0. The van der Waals surface area contributed by atoms with E-state index in [1.807, 2.05) is 0 Å². The summed E-state index contributed by atoms with van der Waals surface area (Å²) in [5.74, 6) is 0. The van der Waals surface area contributed by atoms with Crippen molar-refractivity contribution in [2.24, 2.45) is 11.1 Å². The zero-order valence-electron chi connectivity index (χ0n) is 6.18. The lowest BCUT2D eigenvalue weighted by Gasteiger charge is -2.19. The highest BCUT2D eigenvalue weighted by Gasteiger charge is 2.46. The van der Waals surface area contributed by atoms with Crippen molar-refractivity contribution in [3.05, 3.63) is 0 Å². The molecule has 1 aliphatic rings. The fourth-order valence-corrected chi connectivity index (χ4v) is 1.19. The van der Waals surface area contributed by atoms with E-state index in [2.05, 4.69) is 6.92 Å². The van der Waals surface area contributed by atoms with Crippen molar-refractivity contribution in [2.45, 2.75) is 25.9 Å². The smallest absolute Gasteiger partial charge is 0.0611 e. The number of ether oxygens (including phenoxy) is 1. The Morgan fingerprint density at radius 2 is 2.22 bits per heavy atom. The maximum absolute atomic E-state index is 5.57. The van der Waals surface area contributed by atoms with Gasteiger partial charge in [-0.1, -0.05) is 0 Å². The van der Waals surface area contributed by atoms with Crippen molar-refractivity contribution < 1.29 is 4.74 Å². The Hall–Kier alpha value is -0.0800. The van der Waals surface area contributed by atoms with Gasteiger partial charge in [-0.15, -0.1) is 0 Å². The molecule has 0 heterocycles. The summed E-state index contributed by atoms with van der Waals surface area (Å²) < 4.78 is 5.19. The minimum Gasteiger partial charge on any atom is -0.381 e. The Labute approximate surface area is 56.4 Å². The zero-order chi connectivity index (χ0) is 6.91. The van der Waals surface area contributed by atoms with Crippen LogP contribution in [0.1, 0.15) is 19.8 Å². The van der Waals surface area contributed by atoms with Crippen LogP contribution < -0.4 is 5.73 Å². The van der Waals surface area contributed by atoms with Crippen molar-refractivity contribution in [3.63, 3.8) is 0 Å². The third-order valence-electron chi connectivity index (χ3n) is 2.51. The van der Waals surface area contributed by atoms with Crippen molar-refractivity contribution in [1.29, 1.82) is 0 Å². The molecule has 0 spiro atoms. The van der Waals surface area contributed by atoms with Crippen LogP contribution in [0.5, 0.6) is 0 Å². The summed E-state index contributed by atoms with van der Waals surface area (Å²) in [5, 5.41) is 0. The summed E-state index contributed by atoms with van der Waals surface area (Å²) in [5.41, 5.74) is 5.92. The minimum absolute atomic E-state index is 0.350. The number of nitrogens with two attached hydrogens (primary N) is 1. The molecule has 0 aliphatic heterocycles. The first-order valence-electron chi connectivity index (χ1n) is 3.48. The monoisotopic (exact) mass is 129 g/mol. The van der Waals surface area contributed by atoms with E-state index in [-0.39, 0.29) is 0 Å². The summed E-state index contributed by atoms with van der Waals surface area (Å²) in [6.07, 6.45) is 2.85. The molecule has 1 aliphatic carbocycles. The molecule has 0 bridgehead atoms. The maximum Gasteiger partial charge on any atom is 0.0611 e. The molecule has 9 heavy (non-hydrogen) atoms. The minimum atomic E-state index is 0.350. The van der Waals surface area contributed by atoms with Gasteiger partial charge in [0.1, 0.15) is 0 Å². The quantitative estimate of drug-likeness (QED) is 0.610. The molecular weight excluding hydrogens is 114 g/mol. The molecule has 0 saturated heterocycles. The van der Waals surface area contributed by atoms with Gasteiger partial charge in [0.15, 0.2) is 0 Å². The van der Waals surface area contributed by atoms with Gasteiger partial charge in [0.05, 0.1) is 6.10 Å². The van der Waals surface area contributed by atoms with Crippen LogP contribution in [-0.4, -0.2) is 19.8 Å². The Bertz CT molecular complexity index is 99.1.